The average Bonchev–Trinajstić information content (AvgIpc) is 2.26. The second-order valence-electron chi connectivity index (χ2n) is 4.56. The number of nitrogens with two attached hydrogens (primary N) is 1. The topological polar surface area (TPSA) is 38.0 Å². The molecule has 0 aliphatic rings. The third-order valence-corrected chi connectivity index (χ3v) is 3.89. The Morgan fingerprint density at radius 1 is 1.19 bits per heavy atom. The lowest BCUT2D eigenvalue weighted by Gasteiger charge is -2.16. The Bertz CT molecular complexity index is 295. The van der Waals surface area contributed by atoms with Gasteiger partial charge in [-0.1, -0.05) is 43.7 Å². The van der Waals surface area contributed by atoms with Crippen molar-refractivity contribution < 1.29 is 0 Å². The second-order valence-corrected chi connectivity index (χ2v) is 5.64. The third-order valence-electron chi connectivity index (χ3n) is 2.42. The molecular formula is C13H22N2S. The van der Waals surface area contributed by atoms with Crippen LogP contribution in [0.4, 0.5) is 0 Å². The number of hydrazine groups is 1. The monoisotopic (exact) mass is 238 g/mol. The molecule has 1 rings (SSSR count). The lowest BCUT2D eigenvalue weighted by Crippen LogP contribution is -2.29. The summed E-state index contributed by atoms with van der Waals surface area (Å²) in [6.07, 6.45) is 0. The lowest BCUT2D eigenvalue weighted by molar-refractivity contribution is 0.609. The number of thioether (sulfide) groups is 1. The molecule has 1 aromatic carbocycles. The molecule has 0 fully saturated rings. The highest BCUT2D eigenvalue weighted by atomic mass is 32.2. The van der Waals surface area contributed by atoms with Gasteiger partial charge in [-0.25, -0.2) is 0 Å². The molecule has 0 heterocycles. The van der Waals surface area contributed by atoms with Crippen LogP contribution in [-0.4, -0.2) is 11.5 Å². The number of hydrogen-bond donors (Lipinski definition) is 2. The van der Waals surface area contributed by atoms with Gasteiger partial charge >= 0.3 is 0 Å². The van der Waals surface area contributed by atoms with Crippen molar-refractivity contribution in [3.63, 3.8) is 0 Å². The zero-order chi connectivity index (χ0) is 12.0. The molecule has 2 nitrogen and oxygen atoms in total. The fourth-order valence-corrected chi connectivity index (χ4v) is 2.59. The van der Waals surface area contributed by atoms with Crippen LogP contribution in [0, 0.1) is 12.8 Å². The van der Waals surface area contributed by atoms with E-state index in [0.29, 0.717) is 0 Å². The molecule has 0 aromatic heterocycles. The summed E-state index contributed by atoms with van der Waals surface area (Å²) in [7, 11) is 0. The van der Waals surface area contributed by atoms with Crippen molar-refractivity contribution in [1.29, 1.82) is 0 Å². The standard InChI is InChI=1S/C13H22N2S/c1-10(2)8-16-9-13(15-14)12-6-4-11(3)5-7-12/h4-7,10,13,15H,8-9,14H2,1-3H3. The smallest absolute Gasteiger partial charge is 0.0550 e. The SMILES string of the molecule is Cc1ccc(C(CSCC(C)C)NN)cc1. The normalized spacial score (nSPS) is 13.1. The summed E-state index contributed by atoms with van der Waals surface area (Å²) in [6, 6.07) is 8.81. The number of hydrogen-bond acceptors (Lipinski definition) is 3. The summed E-state index contributed by atoms with van der Waals surface area (Å²) >= 11 is 1.95. The third kappa shape index (κ3) is 4.56. The van der Waals surface area contributed by atoms with E-state index in [4.69, 9.17) is 5.84 Å². The molecule has 16 heavy (non-hydrogen) atoms. The molecule has 0 radical (unpaired) electrons. The van der Waals surface area contributed by atoms with Crippen LogP contribution in [0.1, 0.15) is 31.0 Å². The van der Waals surface area contributed by atoms with Gasteiger partial charge in [0.15, 0.2) is 0 Å². The molecule has 0 saturated carbocycles. The number of benzene rings is 1. The van der Waals surface area contributed by atoms with Gasteiger partial charge in [0.25, 0.3) is 0 Å². The Hall–Kier alpha value is -0.510. The molecule has 90 valence electrons. The molecule has 3 N–H and O–H groups in total. The molecule has 0 saturated heterocycles. The van der Waals surface area contributed by atoms with Crippen LogP contribution in [0.2, 0.25) is 0 Å². The zero-order valence-corrected chi connectivity index (χ0v) is 11.2. The highest BCUT2D eigenvalue weighted by Crippen LogP contribution is 2.19. The maximum atomic E-state index is 5.60. The van der Waals surface area contributed by atoms with Gasteiger partial charge in [-0.2, -0.15) is 11.8 Å². The highest BCUT2D eigenvalue weighted by Gasteiger charge is 2.09. The van der Waals surface area contributed by atoms with Crippen molar-refractivity contribution in [3.8, 4) is 0 Å². The van der Waals surface area contributed by atoms with Crippen molar-refractivity contribution in [2.75, 3.05) is 11.5 Å². The van der Waals surface area contributed by atoms with E-state index in [1.165, 1.54) is 16.9 Å². The van der Waals surface area contributed by atoms with Crippen LogP contribution in [0.3, 0.4) is 0 Å². The summed E-state index contributed by atoms with van der Waals surface area (Å²) in [6.45, 7) is 6.58. The summed E-state index contributed by atoms with van der Waals surface area (Å²) in [4.78, 5) is 0. The van der Waals surface area contributed by atoms with E-state index in [9.17, 15) is 0 Å². The van der Waals surface area contributed by atoms with E-state index in [2.05, 4.69) is 50.5 Å². The van der Waals surface area contributed by atoms with Gasteiger partial charge < -0.3 is 0 Å². The van der Waals surface area contributed by atoms with Gasteiger partial charge in [0, 0.05) is 5.75 Å². The first kappa shape index (κ1) is 13.6. The number of rotatable bonds is 6. The summed E-state index contributed by atoms with van der Waals surface area (Å²) in [5, 5.41) is 0. The Kier molecular flexibility index (Phi) is 5.88. The first-order valence-corrected chi connectivity index (χ1v) is 6.89. The first-order chi connectivity index (χ1) is 7.63. The summed E-state index contributed by atoms with van der Waals surface area (Å²) in [5.41, 5.74) is 5.45. The Morgan fingerprint density at radius 3 is 2.31 bits per heavy atom. The molecule has 0 aliphatic carbocycles. The summed E-state index contributed by atoms with van der Waals surface area (Å²) < 4.78 is 0. The molecular weight excluding hydrogens is 216 g/mol. The summed E-state index contributed by atoms with van der Waals surface area (Å²) in [5.74, 6) is 8.54. The molecule has 0 aliphatic heterocycles. The van der Waals surface area contributed by atoms with E-state index in [0.717, 1.165) is 11.7 Å². The van der Waals surface area contributed by atoms with Gasteiger partial charge in [-0.3, -0.25) is 11.3 Å². The largest absolute Gasteiger partial charge is 0.271 e. The minimum absolute atomic E-state index is 0.254. The van der Waals surface area contributed by atoms with Crippen LogP contribution in [0.5, 0.6) is 0 Å². The average molecular weight is 238 g/mol. The van der Waals surface area contributed by atoms with Gasteiger partial charge in [0.2, 0.25) is 0 Å². The van der Waals surface area contributed by atoms with Gasteiger partial charge in [0.1, 0.15) is 0 Å². The van der Waals surface area contributed by atoms with Gasteiger partial charge in [-0.15, -0.1) is 0 Å². The fourth-order valence-electron chi connectivity index (χ4n) is 1.46. The van der Waals surface area contributed by atoms with Gasteiger partial charge in [-0.05, 0) is 24.2 Å². The van der Waals surface area contributed by atoms with Crippen molar-refractivity contribution in [2.24, 2.45) is 11.8 Å². The minimum atomic E-state index is 0.254. The molecule has 1 aromatic rings. The van der Waals surface area contributed by atoms with E-state index in [1.54, 1.807) is 0 Å². The number of nitrogens with one attached hydrogen (secondary N) is 1. The Morgan fingerprint density at radius 2 is 1.81 bits per heavy atom. The molecule has 0 amide bonds. The van der Waals surface area contributed by atoms with Crippen molar-refractivity contribution in [1.82, 2.24) is 5.43 Å². The molecule has 1 unspecified atom stereocenters. The maximum Gasteiger partial charge on any atom is 0.0550 e. The van der Waals surface area contributed by atoms with E-state index < -0.39 is 0 Å². The first-order valence-electron chi connectivity index (χ1n) is 5.74. The van der Waals surface area contributed by atoms with Crippen molar-refractivity contribution >= 4 is 11.8 Å². The molecule has 0 spiro atoms. The van der Waals surface area contributed by atoms with Crippen LogP contribution < -0.4 is 11.3 Å². The maximum absolute atomic E-state index is 5.60. The van der Waals surface area contributed by atoms with Crippen molar-refractivity contribution in [3.05, 3.63) is 35.4 Å². The molecule has 1 atom stereocenters. The van der Waals surface area contributed by atoms with E-state index in [-0.39, 0.29) is 6.04 Å². The molecule has 3 heteroatoms. The minimum Gasteiger partial charge on any atom is -0.271 e. The molecule has 0 bridgehead atoms. The van der Waals surface area contributed by atoms with Gasteiger partial charge in [0.05, 0.1) is 6.04 Å². The zero-order valence-electron chi connectivity index (χ0n) is 10.4. The number of aryl methyl sites for hydroxylation is 1. The predicted molar refractivity (Wildman–Crippen MR) is 73.4 cm³/mol. The Labute approximate surface area is 103 Å². The second kappa shape index (κ2) is 6.94. The predicted octanol–water partition coefficient (Wildman–Crippen LogP) is 2.89. The van der Waals surface area contributed by atoms with E-state index in [1.807, 2.05) is 11.8 Å². The van der Waals surface area contributed by atoms with E-state index >= 15 is 0 Å². The quantitative estimate of drug-likeness (QED) is 0.591. The fraction of sp³-hybridized carbons (Fsp3) is 0.538. The lowest BCUT2D eigenvalue weighted by atomic mass is 10.1. The van der Waals surface area contributed by atoms with Crippen LogP contribution in [-0.2, 0) is 0 Å². The van der Waals surface area contributed by atoms with Crippen LogP contribution in [0.25, 0.3) is 0 Å². The van der Waals surface area contributed by atoms with Crippen LogP contribution in [0.15, 0.2) is 24.3 Å². The van der Waals surface area contributed by atoms with Crippen LogP contribution >= 0.6 is 11.8 Å². The highest BCUT2D eigenvalue weighted by molar-refractivity contribution is 7.99. The van der Waals surface area contributed by atoms with Crippen molar-refractivity contribution in [2.45, 2.75) is 26.8 Å². The Balaban J connectivity index is 2.50.